The average molecular weight is 627 g/mol. The Bertz CT molecular complexity index is 1280. The zero-order chi connectivity index (χ0) is 26.5. The first-order valence-electron chi connectivity index (χ1n) is 10.3. The Morgan fingerprint density at radius 2 is 2.03 bits per heavy atom. The van der Waals surface area contributed by atoms with Gasteiger partial charge in [0.05, 0.1) is 10.2 Å². The number of carbonyl (C=O) groups is 3. The van der Waals surface area contributed by atoms with Crippen molar-refractivity contribution in [2.24, 2.45) is 0 Å². The van der Waals surface area contributed by atoms with Crippen LogP contribution in [-0.4, -0.2) is 70.7 Å². The maximum Gasteiger partial charge on any atom is 0.436 e. The van der Waals surface area contributed by atoms with Crippen molar-refractivity contribution >= 4 is 68.6 Å². The highest BCUT2D eigenvalue weighted by molar-refractivity contribution is 9.10. The minimum atomic E-state index is -4.71. The second kappa shape index (κ2) is 9.98. The smallest absolute Gasteiger partial charge is 0.436 e. The number of hydrogen-bond donors (Lipinski definition) is 2. The lowest BCUT2D eigenvalue weighted by molar-refractivity contribution is -0.151. The Labute approximate surface area is 223 Å². The number of fused-ring (bicyclic) bond motifs is 1. The van der Waals surface area contributed by atoms with Crippen LogP contribution in [0.3, 0.4) is 0 Å². The van der Waals surface area contributed by atoms with Gasteiger partial charge in [-0.15, -0.1) is 22.0 Å². The average Bonchev–Trinajstić information content (AvgIpc) is 3.36. The third-order valence-electron chi connectivity index (χ3n) is 5.52. The number of β-lactam (4-membered cyclic amide) rings is 1. The fourth-order valence-electron chi connectivity index (χ4n) is 3.72. The van der Waals surface area contributed by atoms with Crippen molar-refractivity contribution in [2.45, 2.75) is 48.7 Å². The molecule has 2 N–H and O–H groups in total. The summed E-state index contributed by atoms with van der Waals surface area (Å²) in [5, 5.41) is 23.9. The van der Waals surface area contributed by atoms with Crippen molar-refractivity contribution in [1.82, 2.24) is 30.2 Å². The van der Waals surface area contributed by atoms with Gasteiger partial charge in [0.2, 0.25) is 5.91 Å². The van der Waals surface area contributed by atoms with E-state index in [0.29, 0.717) is 21.4 Å². The molecule has 0 aromatic carbocycles. The van der Waals surface area contributed by atoms with E-state index in [9.17, 15) is 32.7 Å². The molecule has 0 aliphatic carbocycles. The molecule has 17 heteroatoms. The molecule has 0 saturated carbocycles. The van der Waals surface area contributed by atoms with Crippen LogP contribution in [0.25, 0.3) is 0 Å². The molecule has 0 radical (unpaired) electrons. The molecule has 1 saturated heterocycles. The van der Waals surface area contributed by atoms with Crippen LogP contribution in [0.2, 0.25) is 0 Å². The summed E-state index contributed by atoms with van der Waals surface area (Å²) in [5.41, 5.74) is -0.636. The summed E-state index contributed by atoms with van der Waals surface area (Å²) < 4.78 is 40.9. The lowest BCUT2D eigenvalue weighted by Gasteiger charge is -2.49. The number of aliphatic carboxylic acids is 1. The Kier molecular flexibility index (Phi) is 7.47. The highest BCUT2D eigenvalue weighted by Gasteiger charge is 2.54. The van der Waals surface area contributed by atoms with Gasteiger partial charge >= 0.3 is 12.1 Å². The van der Waals surface area contributed by atoms with Crippen molar-refractivity contribution in [3.05, 3.63) is 32.1 Å². The number of nitrogens with one attached hydrogen (secondary N) is 1. The summed E-state index contributed by atoms with van der Waals surface area (Å²) in [6, 6.07) is -2.16. The molecule has 2 aliphatic heterocycles. The summed E-state index contributed by atoms with van der Waals surface area (Å²) in [6.45, 7) is 4.56. The third kappa shape index (κ3) is 4.89. The van der Waals surface area contributed by atoms with E-state index in [1.165, 1.54) is 48.7 Å². The summed E-state index contributed by atoms with van der Waals surface area (Å²) in [6.07, 6.45) is -4.71. The molecule has 0 unspecified atom stereocenters. The monoisotopic (exact) mass is 626 g/mol. The Morgan fingerprint density at radius 3 is 2.58 bits per heavy atom. The fourth-order valence-corrected chi connectivity index (χ4v) is 7.51. The number of rotatable bonds is 7. The SMILES string of the molecule is Cc1nnc(SCC2=C(C(=O)O)N3C(=O)[C@@H](NC(=O)[C@H](C)n4nc(C(F)(F)F)c(Br)c4C)[C@H]3SC2)s1. The maximum atomic E-state index is 13.2. The fraction of sp³-hybridized carbons (Fsp3) is 0.474. The van der Waals surface area contributed by atoms with Gasteiger partial charge in [-0.1, -0.05) is 23.1 Å². The van der Waals surface area contributed by atoms with Crippen molar-refractivity contribution in [3.63, 3.8) is 0 Å². The summed E-state index contributed by atoms with van der Waals surface area (Å²) >= 11 is 6.88. The molecular formula is C19H18BrF3N6O4S3. The molecule has 0 bridgehead atoms. The first-order chi connectivity index (χ1) is 16.8. The van der Waals surface area contributed by atoms with E-state index in [1.807, 2.05) is 0 Å². The topological polar surface area (TPSA) is 130 Å². The van der Waals surface area contributed by atoms with E-state index >= 15 is 0 Å². The minimum Gasteiger partial charge on any atom is -0.477 e. The largest absolute Gasteiger partial charge is 0.477 e. The molecular weight excluding hydrogens is 609 g/mol. The van der Waals surface area contributed by atoms with Crippen LogP contribution >= 0.6 is 50.8 Å². The molecule has 2 aromatic rings. The molecule has 194 valence electrons. The van der Waals surface area contributed by atoms with E-state index < -0.39 is 47.1 Å². The Balaban J connectivity index is 1.47. The summed E-state index contributed by atoms with van der Waals surface area (Å²) in [4.78, 5) is 38.9. The Morgan fingerprint density at radius 1 is 1.33 bits per heavy atom. The zero-order valence-electron chi connectivity index (χ0n) is 18.8. The van der Waals surface area contributed by atoms with Crippen molar-refractivity contribution in [2.75, 3.05) is 11.5 Å². The maximum absolute atomic E-state index is 13.2. The van der Waals surface area contributed by atoms with E-state index in [0.717, 1.165) is 14.6 Å². The van der Waals surface area contributed by atoms with E-state index in [2.05, 4.69) is 36.5 Å². The van der Waals surface area contributed by atoms with Gasteiger partial charge in [-0.05, 0) is 42.3 Å². The second-order valence-corrected chi connectivity index (χ2v) is 12.2. The molecule has 2 aromatic heterocycles. The molecule has 4 rings (SSSR count). The van der Waals surface area contributed by atoms with Gasteiger partial charge in [0.25, 0.3) is 5.91 Å². The zero-order valence-corrected chi connectivity index (χ0v) is 22.8. The molecule has 10 nitrogen and oxygen atoms in total. The van der Waals surface area contributed by atoms with Crippen LogP contribution in [0.15, 0.2) is 20.1 Å². The number of aromatic nitrogens is 4. The number of amides is 2. The van der Waals surface area contributed by atoms with E-state index in [4.69, 9.17) is 0 Å². The van der Waals surface area contributed by atoms with Crippen LogP contribution in [0.4, 0.5) is 13.2 Å². The predicted octanol–water partition coefficient (Wildman–Crippen LogP) is 3.22. The Hall–Kier alpha value is -2.11. The number of halogens is 4. The van der Waals surface area contributed by atoms with E-state index in [1.54, 1.807) is 6.92 Å². The van der Waals surface area contributed by atoms with Gasteiger partial charge in [0.1, 0.15) is 28.2 Å². The first-order valence-corrected chi connectivity index (χ1v) is 13.9. The lowest BCUT2D eigenvalue weighted by atomic mass is 10.0. The molecule has 2 amide bonds. The molecule has 36 heavy (non-hydrogen) atoms. The molecule has 1 fully saturated rings. The number of nitrogens with zero attached hydrogens (tertiary/aromatic N) is 5. The van der Waals surface area contributed by atoms with Gasteiger partial charge in [0.15, 0.2) is 10.0 Å². The summed E-state index contributed by atoms with van der Waals surface area (Å²) in [7, 11) is 0. The third-order valence-corrected chi connectivity index (χ3v) is 9.86. The molecule has 0 spiro atoms. The number of carbonyl (C=O) groups excluding carboxylic acids is 2. The van der Waals surface area contributed by atoms with Crippen LogP contribution in [0.1, 0.15) is 29.4 Å². The first kappa shape index (κ1) is 26.9. The number of hydrogen-bond acceptors (Lipinski definition) is 9. The van der Waals surface area contributed by atoms with E-state index in [-0.39, 0.29) is 15.9 Å². The van der Waals surface area contributed by atoms with Gasteiger partial charge in [-0.25, -0.2) is 4.79 Å². The molecule has 2 aliphatic rings. The number of alkyl halides is 3. The molecule has 4 heterocycles. The highest BCUT2D eigenvalue weighted by atomic mass is 79.9. The quantitative estimate of drug-likeness (QED) is 0.351. The van der Waals surface area contributed by atoms with Crippen molar-refractivity contribution in [1.29, 1.82) is 0 Å². The summed E-state index contributed by atoms with van der Waals surface area (Å²) in [5.74, 6) is -1.94. The van der Waals surface area contributed by atoms with Crippen molar-refractivity contribution < 1.29 is 32.7 Å². The number of carboxylic acids is 1. The van der Waals surface area contributed by atoms with Crippen LogP contribution < -0.4 is 5.32 Å². The number of carboxylic acid groups (broad SMARTS) is 1. The second-order valence-electron chi connectivity index (χ2n) is 7.90. The van der Waals surface area contributed by atoms with Crippen LogP contribution in [0, 0.1) is 13.8 Å². The highest BCUT2D eigenvalue weighted by Crippen LogP contribution is 2.42. The van der Waals surface area contributed by atoms with Gasteiger partial charge in [0, 0.05) is 11.5 Å². The molecule has 3 atom stereocenters. The number of aryl methyl sites for hydroxylation is 1. The van der Waals surface area contributed by atoms with Crippen LogP contribution in [0.5, 0.6) is 0 Å². The minimum absolute atomic E-state index is 0.0995. The van der Waals surface area contributed by atoms with Gasteiger partial charge in [-0.3, -0.25) is 19.2 Å². The van der Waals surface area contributed by atoms with Gasteiger partial charge in [-0.2, -0.15) is 18.3 Å². The van der Waals surface area contributed by atoms with Crippen LogP contribution in [-0.2, 0) is 20.6 Å². The number of thioether (sulfide) groups is 2. The standard InChI is InChI=1S/C19H18BrF3N6O4S3/c1-6-10(20)13(19(21,22)23)27-29(6)7(2)14(30)24-11-15(31)28-12(17(32)33)9(4-34-16(11)28)5-35-18-26-25-8(3)36-18/h7,11,16H,4-5H2,1-3H3,(H,24,30)(H,32,33)/t7-,11+,16+/m0/s1. The normalized spacial score (nSPS) is 20.8. The predicted molar refractivity (Wildman–Crippen MR) is 129 cm³/mol. The van der Waals surface area contributed by atoms with Gasteiger partial charge < -0.3 is 10.4 Å². The lowest BCUT2D eigenvalue weighted by Crippen LogP contribution is -2.71. The van der Waals surface area contributed by atoms with Crippen molar-refractivity contribution in [3.8, 4) is 0 Å².